The average molecular weight is 253 g/mol. The Labute approximate surface area is 109 Å². The lowest BCUT2D eigenvalue weighted by molar-refractivity contribution is 0.0427. The molecule has 0 bridgehead atoms. The van der Waals surface area contributed by atoms with Gasteiger partial charge < -0.3 is 19.9 Å². The van der Waals surface area contributed by atoms with E-state index >= 15 is 0 Å². The van der Waals surface area contributed by atoms with E-state index < -0.39 is 6.10 Å². The van der Waals surface area contributed by atoms with Crippen molar-refractivity contribution < 1.29 is 14.6 Å². The first-order chi connectivity index (χ1) is 8.76. The lowest BCUT2D eigenvalue weighted by Crippen LogP contribution is -2.30. The third-order valence-electron chi connectivity index (χ3n) is 2.53. The third-order valence-corrected chi connectivity index (χ3v) is 2.53. The topological polar surface area (TPSA) is 50.7 Å². The van der Waals surface area contributed by atoms with E-state index in [2.05, 4.69) is 17.4 Å². The third kappa shape index (κ3) is 6.12. The Morgan fingerprint density at radius 2 is 2.11 bits per heavy atom. The van der Waals surface area contributed by atoms with Crippen molar-refractivity contribution in [2.45, 2.75) is 26.2 Å². The normalized spacial score (nSPS) is 12.6. The van der Waals surface area contributed by atoms with Crippen LogP contribution in [0.3, 0.4) is 0 Å². The zero-order chi connectivity index (χ0) is 13.2. The Morgan fingerprint density at radius 3 is 2.83 bits per heavy atom. The number of hydrogen-bond donors (Lipinski definition) is 2. The van der Waals surface area contributed by atoms with Crippen LogP contribution >= 0.6 is 0 Å². The smallest absolute Gasteiger partial charge is 0.0897 e. The Morgan fingerprint density at radius 1 is 1.33 bits per heavy atom. The molecular formula is C14H23NO3. The molecule has 0 aliphatic rings. The number of aliphatic hydroxyl groups is 1. The summed E-state index contributed by atoms with van der Waals surface area (Å²) in [4.78, 5) is 0. The summed E-state index contributed by atoms with van der Waals surface area (Å²) >= 11 is 0. The van der Waals surface area contributed by atoms with Crippen LogP contribution in [0.5, 0.6) is 0 Å². The molecule has 0 radical (unpaired) electrons. The highest BCUT2D eigenvalue weighted by Crippen LogP contribution is 2.06. The first-order valence-corrected chi connectivity index (χ1v) is 6.29. The highest BCUT2D eigenvalue weighted by atomic mass is 16.5. The average Bonchev–Trinajstić information content (AvgIpc) is 2.37. The van der Waals surface area contributed by atoms with Crippen molar-refractivity contribution >= 4 is 0 Å². The summed E-state index contributed by atoms with van der Waals surface area (Å²) in [6.07, 6.45) is -0.452. The van der Waals surface area contributed by atoms with Crippen LogP contribution in [0, 0.1) is 0 Å². The maximum Gasteiger partial charge on any atom is 0.0897 e. The van der Waals surface area contributed by atoms with Crippen molar-refractivity contribution in [3.05, 3.63) is 35.4 Å². The Kier molecular flexibility index (Phi) is 7.60. The first kappa shape index (κ1) is 15.1. The number of rotatable bonds is 9. The summed E-state index contributed by atoms with van der Waals surface area (Å²) in [5.74, 6) is 0. The highest BCUT2D eigenvalue weighted by molar-refractivity contribution is 5.22. The van der Waals surface area contributed by atoms with Crippen LogP contribution in [0.2, 0.25) is 0 Å². The molecule has 1 atom stereocenters. The fraction of sp³-hybridized carbons (Fsp3) is 0.571. The Bertz CT molecular complexity index is 331. The molecule has 0 saturated carbocycles. The minimum absolute atomic E-state index is 0.382. The number of methoxy groups -OCH3 is 1. The van der Waals surface area contributed by atoms with Gasteiger partial charge in [-0.3, -0.25) is 0 Å². The summed E-state index contributed by atoms with van der Waals surface area (Å²) in [6.45, 7) is 4.83. The molecule has 102 valence electrons. The SMILES string of the molecule is CCOCC(O)CNCc1cccc(COC)c1. The fourth-order valence-corrected chi connectivity index (χ4v) is 1.69. The summed E-state index contributed by atoms with van der Waals surface area (Å²) < 4.78 is 10.2. The van der Waals surface area contributed by atoms with Crippen molar-refractivity contribution in [3.63, 3.8) is 0 Å². The molecule has 1 aromatic rings. The van der Waals surface area contributed by atoms with Crippen LogP contribution < -0.4 is 5.32 Å². The maximum atomic E-state index is 9.59. The number of aliphatic hydroxyl groups excluding tert-OH is 1. The van der Waals surface area contributed by atoms with Crippen LogP contribution in [0.25, 0.3) is 0 Å². The lowest BCUT2D eigenvalue weighted by Gasteiger charge is -2.12. The van der Waals surface area contributed by atoms with E-state index in [1.54, 1.807) is 7.11 Å². The van der Waals surface area contributed by atoms with E-state index in [0.29, 0.717) is 26.4 Å². The minimum Gasteiger partial charge on any atom is -0.389 e. The predicted molar refractivity (Wildman–Crippen MR) is 71.4 cm³/mol. The quantitative estimate of drug-likeness (QED) is 0.697. The van der Waals surface area contributed by atoms with Crippen LogP contribution in [0.15, 0.2) is 24.3 Å². The molecule has 0 saturated heterocycles. The molecule has 0 aliphatic heterocycles. The number of hydrogen-bond acceptors (Lipinski definition) is 4. The standard InChI is InChI=1S/C14H23NO3/c1-3-18-11-14(16)9-15-8-12-5-4-6-13(7-12)10-17-2/h4-7,14-16H,3,8-11H2,1-2H3. The van der Waals surface area contributed by atoms with E-state index in [1.807, 2.05) is 19.1 Å². The Balaban J connectivity index is 2.28. The zero-order valence-electron chi connectivity index (χ0n) is 11.2. The van der Waals surface area contributed by atoms with Gasteiger partial charge in [-0.25, -0.2) is 0 Å². The summed E-state index contributed by atoms with van der Waals surface area (Å²) in [6, 6.07) is 8.21. The van der Waals surface area contributed by atoms with Crippen molar-refractivity contribution in [2.75, 3.05) is 26.9 Å². The molecular weight excluding hydrogens is 230 g/mol. The van der Waals surface area contributed by atoms with Gasteiger partial charge in [0.05, 0.1) is 19.3 Å². The van der Waals surface area contributed by atoms with Crippen LogP contribution in [0.1, 0.15) is 18.1 Å². The summed E-state index contributed by atoms with van der Waals surface area (Å²) in [7, 11) is 1.69. The van der Waals surface area contributed by atoms with Crippen molar-refractivity contribution in [1.82, 2.24) is 5.32 Å². The van der Waals surface area contributed by atoms with Crippen molar-refractivity contribution in [2.24, 2.45) is 0 Å². The summed E-state index contributed by atoms with van der Waals surface area (Å²) in [5.41, 5.74) is 2.35. The van der Waals surface area contributed by atoms with Gasteiger partial charge in [-0.2, -0.15) is 0 Å². The fourth-order valence-electron chi connectivity index (χ4n) is 1.69. The van der Waals surface area contributed by atoms with Crippen LogP contribution in [-0.2, 0) is 22.6 Å². The van der Waals surface area contributed by atoms with Gasteiger partial charge in [0.15, 0.2) is 0 Å². The van der Waals surface area contributed by atoms with E-state index in [9.17, 15) is 5.11 Å². The van der Waals surface area contributed by atoms with Gasteiger partial charge in [0.1, 0.15) is 0 Å². The Hall–Kier alpha value is -0.940. The lowest BCUT2D eigenvalue weighted by atomic mass is 10.1. The molecule has 1 unspecified atom stereocenters. The van der Waals surface area contributed by atoms with Crippen molar-refractivity contribution in [3.8, 4) is 0 Å². The van der Waals surface area contributed by atoms with Gasteiger partial charge in [-0.05, 0) is 18.1 Å². The van der Waals surface area contributed by atoms with Gasteiger partial charge in [0, 0.05) is 26.8 Å². The zero-order valence-corrected chi connectivity index (χ0v) is 11.2. The molecule has 4 nitrogen and oxygen atoms in total. The molecule has 4 heteroatoms. The minimum atomic E-state index is -0.452. The van der Waals surface area contributed by atoms with E-state index in [4.69, 9.17) is 9.47 Å². The maximum absolute atomic E-state index is 9.59. The second-order valence-electron chi connectivity index (χ2n) is 4.20. The van der Waals surface area contributed by atoms with Crippen LogP contribution in [-0.4, -0.2) is 38.1 Å². The molecule has 1 rings (SSSR count). The van der Waals surface area contributed by atoms with Gasteiger partial charge in [0.25, 0.3) is 0 Å². The van der Waals surface area contributed by atoms with Gasteiger partial charge >= 0.3 is 0 Å². The predicted octanol–water partition coefficient (Wildman–Crippen LogP) is 1.32. The molecule has 18 heavy (non-hydrogen) atoms. The molecule has 0 heterocycles. The molecule has 1 aromatic carbocycles. The molecule has 0 aliphatic carbocycles. The van der Waals surface area contributed by atoms with Gasteiger partial charge in [-0.15, -0.1) is 0 Å². The molecule has 0 spiro atoms. The molecule has 2 N–H and O–H groups in total. The van der Waals surface area contributed by atoms with E-state index in [0.717, 1.165) is 12.1 Å². The highest BCUT2D eigenvalue weighted by Gasteiger charge is 2.03. The summed E-state index contributed by atoms with van der Waals surface area (Å²) in [5, 5.41) is 12.8. The molecule has 0 aromatic heterocycles. The van der Waals surface area contributed by atoms with Crippen LogP contribution in [0.4, 0.5) is 0 Å². The molecule has 0 amide bonds. The van der Waals surface area contributed by atoms with Crippen molar-refractivity contribution in [1.29, 1.82) is 0 Å². The number of benzene rings is 1. The number of nitrogens with one attached hydrogen (secondary N) is 1. The number of ether oxygens (including phenoxy) is 2. The monoisotopic (exact) mass is 253 g/mol. The first-order valence-electron chi connectivity index (χ1n) is 6.29. The molecule has 0 fully saturated rings. The van der Waals surface area contributed by atoms with Gasteiger partial charge in [-0.1, -0.05) is 24.3 Å². The largest absolute Gasteiger partial charge is 0.389 e. The van der Waals surface area contributed by atoms with E-state index in [-0.39, 0.29) is 0 Å². The second kappa shape index (κ2) is 9.05. The second-order valence-corrected chi connectivity index (χ2v) is 4.20. The van der Waals surface area contributed by atoms with Gasteiger partial charge in [0.2, 0.25) is 0 Å². The van der Waals surface area contributed by atoms with E-state index in [1.165, 1.54) is 5.56 Å².